The van der Waals surface area contributed by atoms with Crippen molar-refractivity contribution in [2.45, 2.75) is 25.6 Å². The van der Waals surface area contributed by atoms with E-state index in [-0.39, 0.29) is 42.6 Å². The first-order valence-electron chi connectivity index (χ1n) is 7.73. The number of hydrogen-bond donors (Lipinski definition) is 2. The van der Waals surface area contributed by atoms with E-state index in [4.69, 9.17) is 5.11 Å². The summed E-state index contributed by atoms with van der Waals surface area (Å²) in [7, 11) is 0. The highest BCUT2D eigenvalue weighted by Crippen LogP contribution is 2.30. The van der Waals surface area contributed by atoms with Gasteiger partial charge < -0.3 is 15.1 Å². The summed E-state index contributed by atoms with van der Waals surface area (Å²) in [5.74, 6) is -0.891. The molecule has 0 bridgehead atoms. The van der Waals surface area contributed by atoms with Crippen LogP contribution >= 0.6 is 0 Å². The topological polar surface area (TPSA) is 91.0 Å². The highest BCUT2D eigenvalue weighted by Gasteiger charge is 2.36. The smallest absolute Gasteiger partial charge is 0.396 e. The first-order chi connectivity index (χ1) is 11.7. The van der Waals surface area contributed by atoms with Crippen LogP contribution in [0.3, 0.4) is 0 Å². The van der Waals surface area contributed by atoms with Crippen molar-refractivity contribution in [3.63, 3.8) is 0 Å². The van der Waals surface area contributed by atoms with Crippen LogP contribution in [0.25, 0.3) is 5.65 Å². The van der Waals surface area contributed by atoms with Gasteiger partial charge in [0.05, 0.1) is 6.10 Å². The number of amides is 1. The van der Waals surface area contributed by atoms with E-state index in [0.717, 1.165) is 6.07 Å². The van der Waals surface area contributed by atoms with Crippen molar-refractivity contribution in [3.8, 4) is 0 Å². The van der Waals surface area contributed by atoms with E-state index in [1.54, 1.807) is 0 Å². The molecule has 2 aromatic heterocycles. The summed E-state index contributed by atoms with van der Waals surface area (Å²) in [5, 5.41) is 22.8. The molecule has 0 aliphatic carbocycles. The van der Waals surface area contributed by atoms with E-state index >= 15 is 0 Å². The number of aliphatic hydroxyl groups is 2. The molecule has 1 saturated heterocycles. The van der Waals surface area contributed by atoms with Gasteiger partial charge in [0.2, 0.25) is 0 Å². The molecule has 3 rings (SSSR count). The number of β-amino-alcohol motifs (C(OH)–C–C–N with tert-alkyl or cyclic N) is 1. The molecule has 2 aromatic rings. The lowest BCUT2D eigenvalue weighted by atomic mass is 9.94. The van der Waals surface area contributed by atoms with Crippen LogP contribution < -0.4 is 0 Å². The number of fused-ring (bicyclic) bond motifs is 1. The number of piperidine rings is 1. The third kappa shape index (κ3) is 3.31. The number of aromatic nitrogens is 3. The van der Waals surface area contributed by atoms with Crippen molar-refractivity contribution in [3.05, 3.63) is 29.2 Å². The Morgan fingerprint density at radius 2 is 2.12 bits per heavy atom. The fourth-order valence-corrected chi connectivity index (χ4v) is 2.95. The zero-order valence-corrected chi connectivity index (χ0v) is 13.4. The maximum atomic E-state index is 13.2. The van der Waals surface area contributed by atoms with Gasteiger partial charge >= 0.3 is 6.18 Å². The number of aryl methyl sites for hydroxylation is 1. The lowest BCUT2D eigenvalue weighted by Gasteiger charge is -2.34. The first kappa shape index (κ1) is 17.6. The number of rotatable bonds is 2. The second kappa shape index (κ2) is 6.26. The molecule has 0 spiro atoms. The quantitative estimate of drug-likeness (QED) is 0.831. The molecule has 1 fully saturated rings. The van der Waals surface area contributed by atoms with E-state index in [9.17, 15) is 23.1 Å². The highest BCUT2D eigenvalue weighted by molar-refractivity contribution is 5.93. The van der Waals surface area contributed by atoms with Gasteiger partial charge in [0.1, 0.15) is 5.69 Å². The average molecular weight is 358 g/mol. The third-order valence-corrected chi connectivity index (χ3v) is 4.31. The molecule has 3 heterocycles. The van der Waals surface area contributed by atoms with E-state index in [0.29, 0.717) is 10.9 Å². The van der Waals surface area contributed by atoms with Gasteiger partial charge in [-0.2, -0.15) is 18.3 Å². The fraction of sp³-hybridized carbons (Fsp3) is 0.533. The van der Waals surface area contributed by atoms with Crippen molar-refractivity contribution in [1.29, 1.82) is 0 Å². The van der Waals surface area contributed by atoms with Gasteiger partial charge in [0.25, 0.3) is 5.91 Å². The molecule has 0 saturated carbocycles. The minimum Gasteiger partial charge on any atom is -0.396 e. The van der Waals surface area contributed by atoms with E-state index in [2.05, 4.69) is 10.1 Å². The van der Waals surface area contributed by atoms with Crippen molar-refractivity contribution in [2.24, 2.45) is 5.92 Å². The molecule has 2 N–H and O–H groups in total. The standard InChI is InChI=1S/C15H17F3N4O3/c1-8-4-12(15(16,17)18)22-13(19-8)5-10(20-22)14(25)21-3-2-9(7-23)11(24)6-21/h4-5,9,11,23-24H,2-3,6-7H2,1H3/t9-,11+/m1/s1. The van der Waals surface area contributed by atoms with Gasteiger partial charge in [0, 0.05) is 37.4 Å². The first-order valence-corrected chi connectivity index (χ1v) is 7.73. The van der Waals surface area contributed by atoms with Gasteiger partial charge in [-0.15, -0.1) is 0 Å². The van der Waals surface area contributed by atoms with Crippen molar-refractivity contribution in [1.82, 2.24) is 19.5 Å². The van der Waals surface area contributed by atoms with Crippen LogP contribution in [0.4, 0.5) is 13.2 Å². The van der Waals surface area contributed by atoms with Gasteiger partial charge in [-0.25, -0.2) is 9.50 Å². The Morgan fingerprint density at radius 1 is 1.40 bits per heavy atom. The summed E-state index contributed by atoms with van der Waals surface area (Å²) < 4.78 is 40.1. The summed E-state index contributed by atoms with van der Waals surface area (Å²) in [6.07, 6.45) is -5.11. The average Bonchev–Trinajstić information content (AvgIpc) is 2.95. The van der Waals surface area contributed by atoms with E-state index < -0.39 is 23.9 Å². The predicted molar refractivity (Wildman–Crippen MR) is 79.8 cm³/mol. The van der Waals surface area contributed by atoms with E-state index in [1.807, 2.05) is 0 Å². The normalized spacial score (nSPS) is 21.8. The maximum Gasteiger partial charge on any atom is 0.433 e. The van der Waals surface area contributed by atoms with Crippen LogP contribution in [-0.2, 0) is 6.18 Å². The van der Waals surface area contributed by atoms with Crippen molar-refractivity contribution in [2.75, 3.05) is 19.7 Å². The summed E-state index contributed by atoms with van der Waals surface area (Å²) in [6, 6.07) is 2.07. The zero-order valence-electron chi connectivity index (χ0n) is 13.4. The van der Waals surface area contributed by atoms with Crippen LogP contribution in [0, 0.1) is 12.8 Å². The zero-order chi connectivity index (χ0) is 18.4. The number of alkyl halides is 3. The third-order valence-electron chi connectivity index (χ3n) is 4.31. The van der Waals surface area contributed by atoms with Gasteiger partial charge in [0.15, 0.2) is 11.3 Å². The Balaban J connectivity index is 1.93. The van der Waals surface area contributed by atoms with Crippen LogP contribution in [-0.4, -0.2) is 61.4 Å². The lowest BCUT2D eigenvalue weighted by Crippen LogP contribution is -2.47. The Bertz CT molecular complexity index is 805. The monoisotopic (exact) mass is 358 g/mol. The van der Waals surface area contributed by atoms with Crippen LogP contribution in [0.5, 0.6) is 0 Å². The van der Waals surface area contributed by atoms with Crippen molar-refractivity contribution >= 4 is 11.6 Å². The van der Waals surface area contributed by atoms with Gasteiger partial charge in [-0.1, -0.05) is 0 Å². The molecule has 1 amide bonds. The summed E-state index contributed by atoms with van der Waals surface area (Å²) in [4.78, 5) is 17.8. The van der Waals surface area contributed by atoms with Crippen LogP contribution in [0.2, 0.25) is 0 Å². The molecule has 2 atom stereocenters. The molecule has 10 heteroatoms. The molecule has 1 aliphatic rings. The summed E-state index contributed by atoms with van der Waals surface area (Å²) >= 11 is 0. The molecular weight excluding hydrogens is 341 g/mol. The number of carbonyl (C=O) groups is 1. The Labute approximate surface area is 140 Å². The fourth-order valence-electron chi connectivity index (χ4n) is 2.95. The number of carbonyl (C=O) groups excluding carboxylic acids is 1. The summed E-state index contributed by atoms with van der Waals surface area (Å²) in [5.41, 5.74) is -1.08. The second-order valence-corrected chi connectivity index (χ2v) is 6.13. The minimum atomic E-state index is -4.63. The molecule has 0 aromatic carbocycles. The Hall–Kier alpha value is -2.20. The maximum absolute atomic E-state index is 13.2. The van der Waals surface area contributed by atoms with Gasteiger partial charge in [-0.05, 0) is 19.4 Å². The van der Waals surface area contributed by atoms with Crippen LogP contribution in [0.1, 0.15) is 28.3 Å². The van der Waals surface area contributed by atoms with Crippen LogP contribution in [0.15, 0.2) is 12.1 Å². The number of hydrogen-bond acceptors (Lipinski definition) is 5. The molecule has 136 valence electrons. The SMILES string of the molecule is Cc1cc(C(F)(F)F)n2nc(C(=O)N3CC[C@H](CO)[C@@H](O)C3)cc2n1. The molecule has 25 heavy (non-hydrogen) atoms. The second-order valence-electron chi connectivity index (χ2n) is 6.13. The lowest BCUT2D eigenvalue weighted by molar-refractivity contribution is -0.142. The number of nitrogens with zero attached hydrogens (tertiary/aromatic N) is 4. The molecular formula is C15H17F3N4O3. The van der Waals surface area contributed by atoms with Crippen molar-refractivity contribution < 1.29 is 28.2 Å². The number of aliphatic hydroxyl groups excluding tert-OH is 2. The van der Waals surface area contributed by atoms with Gasteiger partial charge in [-0.3, -0.25) is 4.79 Å². The molecule has 0 radical (unpaired) electrons. The Morgan fingerprint density at radius 3 is 2.72 bits per heavy atom. The largest absolute Gasteiger partial charge is 0.433 e. The molecule has 0 unspecified atom stereocenters. The number of likely N-dealkylation sites (tertiary alicyclic amines) is 1. The molecule has 1 aliphatic heterocycles. The predicted octanol–water partition coefficient (Wildman–Crippen LogP) is 0.872. The number of halogens is 3. The highest BCUT2D eigenvalue weighted by atomic mass is 19.4. The Kier molecular flexibility index (Phi) is 4.41. The summed E-state index contributed by atoms with van der Waals surface area (Å²) in [6.45, 7) is 1.53. The van der Waals surface area contributed by atoms with E-state index in [1.165, 1.54) is 17.9 Å². The minimum absolute atomic E-state index is 0.00346. The molecule has 7 nitrogen and oxygen atoms in total.